The van der Waals surface area contributed by atoms with Crippen molar-refractivity contribution in [3.8, 4) is 0 Å². The molecule has 1 aromatic rings. The van der Waals surface area contributed by atoms with Crippen molar-refractivity contribution in [3.63, 3.8) is 0 Å². The molecule has 4 unspecified atom stereocenters. The van der Waals surface area contributed by atoms with Gasteiger partial charge in [-0.3, -0.25) is 9.69 Å². The molecule has 0 N–H and O–H groups in total. The summed E-state index contributed by atoms with van der Waals surface area (Å²) in [6.45, 7) is 4.82. The van der Waals surface area contributed by atoms with Gasteiger partial charge < -0.3 is 9.64 Å². The van der Waals surface area contributed by atoms with Gasteiger partial charge in [0.25, 0.3) is 0 Å². The minimum Gasteiger partial charge on any atom is -0.371 e. The molecule has 1 aromatic carbocycles. The van der Waals surface area contributed by atoms with Crippen LogP contribution in [0.3, 0.4) is 0 Å². The molecule has 4 nitrogen and oxygen atoms in total. The molecule has 4 atom stereocenters. The zero-order valence-corrected chi connectivity index (χ0v) is 21.1. The van der Waals surface area contributed by atoms with Crippen molar-refractivity contribution < 1.29 is 35.9 Å². The molecule has 3 rings (SSSR count). The first-order valence-corrected chi connectivity index (χ1v) is 12.7. The van der Waals surface area contributed by atoms with Crippen LogP contribution in [-0.2, 0) is 28.5 Å². The predicted octanol–water partition coefficient (Wildman–Crippen LogP) is 6.52. The van der Waals surface area contributed by atoms with Gasteiger partial charge in [-0.25, -0.2) is 0 Å². The highest BCUT2D eigenvalue weighted by atomic mass is 19.4. The number of alkyl halides is 6. The van der Waals surface area contributed by atoms with Gasteiger partial charge in [-0.1, -0.05) is 39.5 Å². The summed E-state index contributed by atoms with van der Waals surface area (Å²) < 4.78 is 84.8. The van der Waals surface area contributed by atoms with Gasteiger partial charge >= 0.3 is 12.4 Å². The third-order valence-corrected chi connectivity index (χ3v) is 7.53. The summed E-state index contributed by atoms with van der Waals surface area (Å²) in [5.41, 5.74) is -2.91. The lowest BCUT2D eigenvalue weighted by Crippen LogP contribution is -2.54. The van der Waals surface area contributed by atoms with Crippen LogP contribution in [-0.4, -0.2) is 54.0 Å². The van der Waals surface area contributed by atoms with E-state index in [1.807, 2.05) is 14.0 Å². The van der Waals surface area contributed by atoms with E-state index in [2.05, 4.69) is 11.8 Å². The monoisotopic (exact) mass is 522 g/mol. The highest BCUT2D eigenvalue weighted by Crippen LogP contribution is 2.38. The van der Waals surface area contributed by atoms with Crippen LogP contribution >= 0.6 is 0 Å². The van der Waals surface area contributed by atoms with Crippen molar-refractivity contribution in [2.24, 2.45) is 5.92 Å². The summed E-state index contributed by atoms with van der Waals surface area (Å²) in [5, 5.41) is 0. The molecular formula is C26H36F6N2O2. The molecule has 0 bridgehead atoms. The summed E-state index contributed by atoms with van der Waals surface area (Å²) in [5.74, 6) is -0.0409. The molecule has 0 saturated carbocycles. The molecule has 1 amide bonds. The van der Waals surface area contributed by atoms with Crippen LogP contribution in [0.15, 0.2) is 18.2 Å². The second-order valence-corrected chi connectivity index (χ2v) is 10.2. The van der Waals surface area contributed by atoms with E-state index < -0.39 is 36.2 Å². The van der Waals surface area contributed by atoms with Crippen LogP contribution in [0, 0.1) is 5.92 Å². The normalized spacial score (nSPS) is 25.1. The van der Waals surface area contributed by atoms with E-state index in [0.29, 0.717) is 12.1 Å². The van der Waals surface area contributed by atoms with E-state index in [0.717, 1.165) is 32.2 Å². The number of rotatable bonds is 10. The SMILES string of the molecule is CCCCCCCN(C)C1CCC2C(C)C(OCc3cc(C(F)(F)F)cc(C(F)(F)F)c3)CN2C1=O. The number of piperidine rings is 1. The lowest BCUT2D eigenvalue weighted by Gasteiger charge is -2.39. The Kier molecular flexibility index (Phi) is 9.36. The van der Waals surface area contributed by atoms with Crippen LogP contribution in [0.2, 0.25) is 0 Å². The molecule has 204 valence electrons. The first kappa shape index (κ1) is 28.8. The fourth-order valence-corrected chi connectivity index (χ4v) is 5.38. The van der Waals surface area contributed by atoms with E-state index in [4.69, 9.17) is 4.74 Å². The molecule has 2 aliphatic heterocycles. The topological polar surface area (TPSA) is 32.8 Å². The molecule has 10 heteroatoms. The Hall–Kier alpha value is -1.81. The second kappa shape index (κ2) is 11.7. The minimum atomic E-state index is -4.90. The summed E-state index contributed by atoms with van der Waals surface area (Å²) in [4.78, 5) is 17.1. The molecule has 0 aromatic heterocycles. The quantitative estimate of drug-likeness (QED) is 0.259. The predicted molar refractivity (Wildman–Crippen MR) is 124 cm³/mol. The number of likely N-dealkylation sites (N-methyl/N-ethyl adjacent to an activating group) is 1. The van der Waals surface area contributed by atoms with E-state index >= 15 is 0 Å². The number of halogens is 6. The Labute approximate surface area is 209 Å². The number of benzene rings is 1. The number of carbonyl (C=O) groups is 1. The molecule has 0 aliphatic carbocycles. The molecule has 0 radical (unpaired) electrons. The Morgan fingerprint density at radius 1 is 0.972 bits per heavy atom. The van der Waals surface area contributed by atoms with E-state index in [9.17, 15) is 31.1 Å². The van der Waals surface area contributed by atoms with Crippen LogP contribution in [0.1, 0.15) is 75.5 Å². The lowest BCUT2D eigenvalue weighted by atomic mass is 9.90. The number of unbranched alkanes of at least 4 members (excludes halogenated alkanes) is 4. The molecule has 2 aliphatic rings. The van der Waals surface area contributed by atoms with Crippen molar-refractivity contribution in [2.45, 2.75) is 95.9 Å². The van der Waals surface area contributed by atoms with Gasteiger partial charge in [0, 0.05) is 18.5 Å². The van der Waals surface area contributed by atoms with Gasteiger partial charge in [0.15, 0.2) is 0 Å². The minimum absolute atomic E-state index is 0.0266. The molecule has 36 heavy (non-hydrogen) atoms. The zero-order valence-electron chi connectivity index (χ0n) is 21.1. The average Bonchev–Trinajstić information content (AvgIpc) is 3.12. The zero-order chi connectivity index (χ0) is 26.7. The van der Waals surface area contributed by atoms with Crippen molar-refractivity contribution in [3.05, 3.63) is 34.9 Å². The van der Waals surface area contributed by atoms with Crippen molar-refractivity contribution in [2.75, 3.05) is 20.1 Å². The van der Waals surface area contributed by atoms with Crippen molar-refractivity contribution >= 4 is 5.91 Å². The summed E-state index contributed by atoms with van der Waals surface area (Å²) in [6, 6.07) is 1.25. The maximum atomic E-state index is 13.2. The number of carbonyl (C=O) groups excluding carboxylic acids is 1. The maximum absolute atomic E-state index is 13.2. The first-order valence-electron chi connectivity index (χ1n) is 12.7. The summed E-state index contributed by atoms with van der Waals surface area (Å²) >= 11 is 0. The number of fused-ring (bicyclic) bond motifs is 1. The molecule has 0 spiro atoms. The Morgan fingerprint density at radius 3 is 2.17 bits per heavy atom. The molecule has 2 heterocycles. The first-order chi connectivity index (χ1) is 16.8. The van der Waals surface area contributed by atoms with Crippen LogP contribution in [0.5, 0.6) is 0 Å². The van der Waals surface area contributed by atoms with Gasteiger partial charge in [0.05, 0.1) is 29.9 Å². The van der Waals surface area contributed by atoms with Gasteiger partial charge in [0.1, 0.15) is 0 Å². The van der Waals surface area contributed by atoms with Crippen LogP contribution < -0.4 is 0 Å². The number of ether oxygens (including phenoxy) is 1. The largest absolute Gasteiger partial charge is 0.416 e. The number of hydrogen-bond acceptors (Lipinski definition) is 3. The number of amides is 1. The van der Waals surface area contributed by atoms with Crippen molar-refractivity contribution in [1.29, 1.82) is 0 Å². The summed E-state index contributed by atoms with van der Waals surface area (Å²) in [7, 11) is 1.96. The van der Waals surface area contributed by atoms with E-state index in [-0.39, 0.29) is 42.1 Å². The highest BCUT2D eigenvalue weighted by Gasteiger charge is 2.47. The number of hydrogen-bond donors (Lipinski definition) is 0. The van der Waals surface area contributed by atoms with E-state index in [1.54, 1.807) is 4.90 Å². The van der Waals surface area contributed by atoms with Gasteiger partial charge in [0.2, 0.25) is 5.91 Å². The smallest absolute Gasteiger partial charge is 0.371 e. The number of nitrogens with zero attached hydrogens (tertiary/aromatic N) is 2. The standard InChI is InChI=1S/C26H36F6N2O2/c1-4-5-6-7-8-11-33(3)22-10-9-21-17(2)23(15-34(21)24(22)35)36-16-18-12-19(25(27,28)29)14-20(13-18)26(30,31)32/h12-14,17,21-23H,4-11,15-16H2,1-3H3. The third-order valence-electron chi connectivity index (χ3n) is 7.53. The third kappa shape index (κ3) is 6.94. The maximum Gasteiger partial charge on any atom is 0.416 e. The Balaban J connectivity index is 1.62. The Bertz CT molecular complexity index is 856. The molecule has 2 saturated heterocycles. The fraction of sp³-hybridized carbons (Fsp3) is 0.731. The fourth-order valence-electron chi connectivity index (χ4n) is 5.38. The van der Waals surface area contributed by atoms with Crippen molar-refractivity contribution in [1.82, 2.24) is 9.80 Å². The summed E-state index contributed by atoms with van der Waals surface area (Å²) in [6.07, 6.45) is -3.02. The van der Waals surface area contributed by atoms with Crippen LogP contribution in [0.4, 0.5) is 26.3 Å². The second-order valence-electron chi connectivity index (χ2n) is 10.2. The van der Waals surface area contributed by atoms with Crippen LogP contribution in [0.25, 0.3) is 0 Å². The van der Waals surface area contributed by atoms with Gasteiger partial charge in [-0.05, 0) is 56.6 Å². The van der Waals surface area contributed by atoms with Gasteiger partial charge in [-0.15, -0.1) is 0 Å². The highest BCUT2D eigenvalue weighted by molar-refractivity contribution is 5.83. The Morgan fingerprint density at radius 2 is 1.58 bits per heavy atom. The molecular weight excluding hydrogens is 486 g/mol. The average molecular weight is 523 g/mol. The molecule has 2 fully saturated rings. The van der Waals surface area contributed by atoms with Gasteiger partial charge in [-0.2, -0.15) is 26.3 Å². The van der Waals surface area contributed by atoms with E-state index in [1.165, 1.54) is 19.3 Å². The lowest BCUT2D eigenvalue weighted by molar-refractivity contribution is -0.144.